The molecule has 3 heterocycles. The number of anilines is 1. The molecule has 2 N–H and O–H groups in total. The number of pyridine rings is 1. The van der Waals surface area contributed by atoms with Crippen LogP contribution in [0, 0.1) is 11.6 Å². The van der Waals surface area contributed by atoms with E-state index in [4.69, 9.17) is 0 Å². The largest absolute Gasteiger partial charge is 0.389 e. The van der Waals surface area contributed by atoms with E-state index in [1.807, 2.05) is 28.9 Å². The quantitative estimate of drug-likeness (QED) is 0.306. The molecule has 3 aromatic heterocycles. The Labute approximate surface area is 218 Å². The van der Waals surface area contributed by atoms with Crippen LogP contribution in [0.3, 0.4) is 0 Å². The standard InChI is InChI=1S/C27H25F2N5O3S/c1-27(2,35)16-33-15-20(13-31-33)17-6-7-34-25(14-30-26(34)11-17)19-8-18(9-22(10-19)32-38(3,36)37)23-5-4-21(28)12-24(23)29/h4-15,32,35H,16H2,1-3H3. The van der Waals surface area contributed by atoms with Gasteiger partial charge in [-0.15, -0.1) is 0 Å². The topological polar surface area (TPSA) is 102 Å². The zero-order valence-electron chi connectivity index (χ0n) is 20.9. The molecule has 0 unspecified atom stereocenters. The molecule has 0 amide bonds. The van der Waals surface area contributed by atoms with Crippen LogP contribution in [0.1, 0.15) is 13.8 Å². The third kappa shape index (κ3) is 5.58. The first-order valence-electron chi connectivity index (χ1n) is 11.7. The summed E-state index contributed by atoms with van der Waals surface area (Å²) in [7, 11) is -3.62. The normalized spacial score (nSPS) is 12.3. The number of halogens is 2. The van der Waals surface area contributed by atoms with Crippen LogP contribution < -0.4 is 4.72 Å². The van der Waals surface area contributed by atoms with Crippen molar-refractivity contribution in [2.24, 2.45) is 0 Å². The van der Waals surface area contributed by atoms with Crippen molar-refractivity contribution in [2.45, 2.75) is 26.0 Å². The van der Waals surface area contributed by atoms with Crippen LogP contribution in [0.4, 0.5) is 14.5 Å². The highest BCUT2D eigenvalue weighted by molar-refractivity contribution is 7.92. The first-order chi connectivity index (χ1) is 17.8. The van der Waals surface area contributed by atoms with Gasteiger partial charge < -0.3 is 5.11 Å². The highest BCUT2D eigenvalue weighted by atomic mass is 32.2. The average molecular weight is 538 g/mol. The van der Waals surface area contributed by atoms with Crippen LogP contribution in [0.5, 0.6) is 0 Å². The van der Waals surface area contributed by atoms with E-state index < -0.39 is 27.3 Å². The van der Waals surface area contributed by atoms with Crippen LogP contribution in [-0.2, 0) is 16.6 Å². The van der Waals surface area contributed by atoms with E-state index >= 15 is 0 Å². The van der Waals surface area contributed by atoms with Gasteiger partial charge in [-0.2, -0.15) is 5.10 Å². The summed E-state index contributed by atoms with van der Waals surface area (Å²) in [5, 5.41) is 14.4. The molecule has 0 bridgehead atoms. The number of imidazole rings is 1. The lowest BCUT2D eigenvalue weighted by Gasteiger charge is -2.16. The van der Waals surface area contributed by atoms with Crippen molar-refractivity contribution >= 4 is 21.4 Å². The molecule has 38 heavy (non-hydrogen) atoms. The maximum absolute atomic E-state index is 14.6. The molecule has 0 aliphatic heterocycles. The second-order valence-corrected chi connectivity index (χ2v) is 11.6. The van der Waals surface area contributed by atoms with E-state index in [9.17, 15) is 22.3 Å². The zero-order valence-corrected chi connectivity index (χ0v) is 21.7. The molecule has 0 fully saturated rings. The van der Waals surface area contributed by atoms with Crippen molar-refractivity contribution in [3.8, 4) is 33.5 Å². The van der Waals surface area contributed by atoms with E-state index in [1.54, 1.807) is 43.1 Å². The van der Waals surface area contributed by atoms with E-state index in [0.29, 0.717) is 29.0 Å². The molecule has 5 rings (SSSR count). The highest BCUT2D eigenvalue weighted by Crippen LogP contribution is 2.33. The van der Waals surface area contributed by atoms with E-state index in [0.717, 1.165) is 29.5 Å². The van der Waals surface area contributed by atoms with Crippen LogP contribution >= 0.6 is 0 Å². The van der Waals surface area contributed by atoms with Gasteiger partial charge in [0.05, 0.1) is 36.5 Å². The number of sulfonamides is 1. The first-order valence-corrected chi connectivity index (χ1v) is 13.5. The molecule has 0 aliphatic rings. The van der Waals surface area contributed by atoms with Crippen molar-refractivity contribution < 1.29 is 22.3 Å². The van der Waals surface area contributed by atoms with E-state index in [2.05, 4.69) is 14.8 Å². The Bertz CT molecular complexity index is 1770. The Balaban J connectivity index is 1.57. The molecule has 0 aliphatic carbocycles. The number of aromatic nitrogens is 4. The zero-order chi connectivity index (χ0) is 27.2. The minimum atomic E-state index is -3.62. The smallest absolute Gasteiger partial charge is 0.229 e. The van der Waals surface area contributed by atoms with Gasteiger partial charge in [-0.25, -0.2) is 22.2 Å². The van der Waals surface area contributed by atoms with Crippen LogP contribution in [-0.4, -0.2) is 44.5 Å². The fourth-order valence-corrected chi connectivity index (χ4v) is 4.84. The van der Waals surface area contributed by atoms with Crippen molar-refractivity contribution in [3.63, 3.8) is 0 Å². The van der Waals surface area contributed by atoms with Crippen LogP contribution in [0.15, 0.2) is 73.3 Å². The molecule has 196 valence electrons. The molecular weight excluding hydrogens is 512 g/mol. The predicted octanol–water partition coefficient (Wildman–Crippen LogP) is 4.95. The number of rotatable bonds is 7. The number of fused-ring (bicyclic) bond motifs is 1. The Morgan fingerprint density at radius 2 is 1.74 bits per heavy atom. The maximum atomic E-state index is 14.6. The number of hydrogen-bond donors (Lipinski definition) is 2. The number of nitrogens with one attached hydrogen (secondary N) is 1. The molecule has 8 nitrogen and oxygen atoms in total. The highest BCUT2D eigenvalue weighted by Gasteiger charge is 2.16. The minimum Gasteiger partial charge on any atom is -0.389 e. The maximum Gasteiger partial charge on any atom is 0.229 e. The monoisotopic (exact) mass is 537 g/mol. The van der Waals surface area contributed by atoms with Gasteiger partial charge in [0.2, 0.25) is 10.0 Å². The number of hydrogen-bond acceptors (Lipinski definition) is 5. The number of nitrogens with zero attached hydrogens (tertiary/aromatic N) is 4. The number of benzene rings is 2. The molecule has 0 radical (unpaired) electrons. The molecule has 0 spiro atoms. The molecule has 11 heteroatoms. The second kappa shape index (κ2) is 9.34. The van der Waals surface area contributed by atoms with Crippen LogP contribution in [0.25, 0.3) is 39.2 Å². The van der Waals surface area contributed by atoms with E-state index in [-0.39, 0.29) is 11.3 Å². The Morgan fingerprint density at radius 3 is 2.45 bits per heavy atom. The minimum absolute atomic E-state index is 0.129. The molecular formula is C27H25F2N5O3S. The van der Waals surface area contributed by atoms with Gasteiger partial charge in [-0.05, 0) is 67.4 Å². The average Bonchev–Trinajstić information content (AvgIpc) is 3.43. The van der Waals surface area contributed by atoms with Crippen molar-refractivity contribution in [1.29, 1.82) is 0 Å². The Kier molecular flexibility index (Phi) is 6.28. The van der Waals surface area contributed by atoms with Gasteiger partial charge in [-0.1, -0.05) is 0 Å². The van der Waals surface area contributed by atoms with Gasteiger partial charge >= 0.3 is 0 Å². The Hall–Kier alpha value is -4.09. The summed E-state index contributed by atoms with van der Waals surface area (Å²) in [6.45, 7) is 3.77. The lowest BCUT2D eigenvalue weighted by molar-refractivity contribution is 0.0577. The summed E-state index contributed by atoms with van der Waals surface area (Å²) in [6.07, 6.45) is 8.05. The van der Waals surface area contributed by atoms with Gasteiger partial charge in [0.15, 0.2) is 0 Å². The second-order valence-electron chi connectivity index (χ2n) is 9.82. The van der Waals surface area contributed by atoms with Gasteiger partial charge in [0.25, 0.3) is 0 Å². The van der Waals surface area contributed by atoms with Gasteiger partial charge in [-0.3, -0.25) is 13.8 Å². The van der Waals surface area contributed by atoms with Crippen molar-refractivity contribution in [1.82, 2.24) is 19.2 Å². The fraction of sp³-hybridized carbons (Fsp3) is 0.185. The fourth-order valence-electron chi connectivity index (χ4n) is 4.30. The summed E-state index contributed by atoms with van der Waals surface area (Å²) >= 11 is 0. The number of aliphatic hydroxyl groups is 1. The molecule has 5 aromatic rings. The molecule has 0 saturated heterocycles. The Morgan fingerprint density at radius 1 is 0.974 bits per heavy atom. The third-order valence-corrected chi connectivity index (χ3v) is 6.41. The third-order valence-electron chi connectivity index (χ3n) is 5.80. The van der Waals surface area contributed by atoms with E-state index in [1.165, 1.54) is 12.1 Å². The van der Waals surface area contributed by atoms with Gasteiger partial charge in [0.1, 0.15) is 17.3 Å². The predicted molar refractivity (Wildman–Crippen MR) is 142 cm³/mol. The van der Waals surface area contributed by atoms with Crippen LogP contribution in [0.2, 0.25) is 0 Å². The lowest BCUT2D eigenvalue weighted by Crippen LogP contribution is -2.26. The molecule has 0 saturated carbocycles. The summed E-state index contributed by atoms with van der Waals surface area (Å²) in [5.41, 5.74) is 3.41. The summed E-state index contributed by atoms with van der Waals surface area (Å²) in [5.74, 6) is -1.47. The summed E-state index contributed by atoms with van der Waals surface area (Å²) < 4.78 is 58.0. The van der Waals surface area contributed by atoms with Gasteiger partial charge in [0, 0.05) is 40.8 Å². The molecule has 2 aromatic carbocycles. The SMILES string of the molecule is CC(C)(O)Cn1cc(-c2ccn3c(-c4cc(NS(C)(=O)=O)cc(-c5ccc(F)cc5F)c4)cnc3c2)cn1. The first kappa shape index (κ1) is 25.6. The van der Waals surface area contributed by atoms with Crippen molar-refractivity contribution in [2.75, 3.05) is 11.0 Å². The summed E-state index contributed by atoms with van der Waals surface area (Å²) in [6, 6.07) is 11.8. The summed E-state index contributed by atoms with van der Waals surface area (Å²) in [4.78, 5) is 4.52. The molecule has 0 atom stereocenters. The lowest BCUT2D eigenvalue weighted by atomic mass is 10.00. The van der Waals surface area contributed by atoms with Crippen molar-refractivity contribution in [3.05, 3.63) is 85.0 Å².